The highest BCUT2D eigenvalue weighted by molar-refractivity contribution is 5.87. The van der Waals surface area contributed by atoms with E-state index in [1.807, 2.05) is 36.4 Å². The molecule has 7 heteroatoms. The molecular weight excluding hydrogens is 472 g/mol. The molecule has 0 amide bonds. The van der Waals surface area contributed by atoms with Crippen molar-refractivity contribution >= 4 is 12.0 Å². The number of ether oxygens (including phenoxy) is 1. The summed E-state index contributed by atoms with van der Waals surface area (Å²) in [7, 11) is 0. The summed E-state index contributed by atoms with van der Waals surface area (Å²) in [6.45, 7) is 5.19. The summed E-state index contributed by atoms with van der Waals surface area (Å²) in [5.41, 5.74) is -5.31. The molecule has 4 aliphatic carbocycles. The lowest BCUT2D eigenvalue weighted by molar-refractivity contribution is -0.326. The van der Waals surface area contributed by atoms with Gasteiger partial charge in [-0.15, -0.1) is 0 Å². The van der Waals surface area contributed by atoms with Gasteiger partial charge in [0.15, 0.2) is 0 Å². The predicted octanol–water partition coefficient (Wildman–Crippen LogP) is 2.89. The van der Waals surface area contributed by atoms with Gasteiger partial charge < -0.3 is 30.3 Å². The van der Waals surface area contributed by atoms with E-state index in [-0.39, 0.29) is 25.7 Å². The Morgan fingerprint density at radius 1 is 1.11 bits per heavy atom. The summed E-state index contributed by atoms with van der Waals surface area (Å²) in [5.74, 6) is -1.07. The van der Waals surface area contributed by atoms with Gasteiger partial charge in [0, 0.05) is 12.0 Å². The number of esters is 1. The SMILES string of the molecule is C[C@@H](O)[C@@]1(O)CC[C@@]2(O)[C@]1(C)[C@H](OC(=O)/C=C\c1ccccc1)C[C@@H]1[C@@]3(C)CC[C@H](O)CC3=CC[C@]12O. The van der Waals surface area contributed by atoms with Crippen LogP contribution in [0.2, 0.25) is 0 Å². The van der Waals surface area contributed by atoms with Crippen LogP contribution in [0.5, 0.6) is 0 Å². The van der Waals surface area contributed by atoms with E-state index >= 15 is 0 Å². The lowest BCUT2D eigenvalue weighted by Crippen LogP contribution is -2.78. The highest BCUT2D eigenvalue weighted by Gasteiger charge is 2.81. The molecule has 0 bridgehead atoms. The fourth-order valence-corrected chi connectivity index (χ4v) is 8.42. The normalized spacial score (nSPS) is 45.9. The average Bonchev–Trinajstić information content (AvgIpc) is 3.10. The number of fused-ring (bicyclic) bond motifs is 5. The van der Waals surface area contributed by atoms with Crippen LogP contribution in [0, 0.1) is 16.7 Å². The first kappa shape index (κ1) is 26.6. The Morgan fingerprint density at radius 3 is 2.49 bits per heavy atom. The molecule has 9 atom stereocenters. The zero-order valence-corrected chi connectivity index (χ0v) is 21.9. The van der Waals surface area contributed by atoms with Crippen molar-refractivity contribution in [1.29, 1.82) is 0 Å². The second-order valence-corrected chi connectivity index (χ2v) is 12.3. The number of aliphatic hydroxyl groups is 5. The Labute approximate surface area is 218 Å². The Bertz CT molecular complexity index is 1110. The molecule has 0 heterocycles. The molecule has 3 fully saturated rings. The molecule has 0 unspecified atom stereocenters. The molecular formula is C30H40O7. The van der Waals surface area contributed by atoms with E-state index in [0.717, 1.165) is 11.1 Å². The van der Waals surface area contributed by atoms with Crippen LogP contribution in [0.25, 0.3) is 6.08 Å². The van der Waals surface area contributed by atoms with Gasteiger partial charge in [-0.3, -0.25) is 0 Å². The summed E-state index contributed by atoms with van der Waals surface area (Å²) in [5, 5.41) is 57.7. The third-order valence-electron chi connectivity index (χ3n) is 10.8. The van der Waals surface area contributed by atoms with Crippen LogP contribution in [0.1, 0.15) is 71.3 Å². The van der Waals surface area contributed by atoms with Crippen molar-refractivity contribution in [3.05, 3.63) is 53.6 Å². The molecule has 1 aromatic rings. The first-order chi connectivity index (χ1) is 17.3. The maximum Gasteiger partial charge on any atom is 0.331 e. The van der Waals surface area contributed by atoms with Crippen LogP contribution in [0.4, 0.5) is 0 Å². The molecule has 37 heavy (non-hydrogen) atoms. The second-order valence-electron chi connectivity index (χ2n) is 12.3. The van der Waals surface area contributed by atoms with Gasteiger partial charge in [-0.25, -0.2) is 4.79 Å². The zero-order valence-electron chi connectivity index (χ0n) is 21.9. The minimum absolute atomic E-state index is 0.0621. The lowest BCUT2D eigenvalue weighted by Gasteiger charge is -2.67. The topological polar surface area (TPSA) is 127 Å². The standard InChI is InChI=1S/C30H40O7/c1-19(31)28(34)15-16-30(36)27(28,3)24(37-25(33)10-9-20-7-5-4-6-8-20)18-23-26(2)13-12-22(32)17-21(26)11-14-29(23,30)35/h4-11,19,22-24,31-32,34-36H,12-18H2,1-3H3/b10-9-/t19-,22+,23-,24-,26+,27-,28+,29+,30-/m1/s1. The van der Waals surface area contributed by atoms with Crippen molar-refractivity contribution < 1.29 is 35.1 Å². The Morgan fingerprint density at radius 2 is 1.81 bits per heavy atom. The maximum absolute atomic E-state index is 13.1. The molecule has 5 N–H and O–H groups in total. The molecule has 3 saturated carbocycles. The van der Waals surface area contributed by atoms with E-state index in [0.29, 0.717) is 19.3 Å². The molecule has 202 valence electrons. The first-order valence-corrected chi connectivity index (χ1v) is 13.5. The van der Waals surface area contributed by atoms with Gasteiger partial charge in [0.05, 0.1) is 17.6 Å². The number of benzene rings is 1. The Hall–Kier alpha value is -2.03. The minimum Gasteiger partial charge on any atom is -0.458 e. The highest BCUT2D eigenvalue weighted by Crippen LogP contribution is 2.71. The highest BCUT2D eigenvalue weighted by atomic mass is 16.5. The molecule has 4 aliphatic rings. The molecule has 0 radical (unpaired) electrons. The van der Waals surface area contributed by atoms with E-state index in [1.54, 1.807) is 13.0 Å². The predicted molar refractivity (Wildman–Crippen MR) is 138 cm³/mol. The fraction of sp³-hybridized carbons (Fsp3) is 0.633. The number of carbonyl (C=O) groups excluding carboxylic acids is 1. The van der Waals surface area contributed by atoms with Crippen LogP contribution in [-0.4, -0.2) is 66.6 Å². The molecule has 7 nitrogen and oxygen atoms in total. The van der Waals surface area contributed by atoms with E-state index < -0.39 is 57.8 Å². The third-order valence-corrected chi connectivity index (χ3v) is 10.8. The number of rotatable bonds is 4. The van der Waals surface area contributed by atoms with Crippen LogP contribution in [0.3, 0.4) is 0 Å². The number of aliphatic hydroxyl groups excluding tert-OH is 2. The summed E-state index contributed by atoms with van der Waals surface area (Å²) in [4.78, 5) is 13.1. The lowest BCUT2D eigenvalue weighted by atomic mass is 9.42. The summed E-state index contributed by atoms with van der Waals surface area (Å²) < 4.78 is 6.04. The maximum atomic E-state index is 13.1. The van der Waals surface area contributed by atoms with E-state index in [9.17, 15) is 30.3 Å². The molecule has 1 aromatic carbocycles. The summed E-state index contributed by atoms with van der Waals surface area (Å²) in [6, 6.07) is 9.34. The smallest absolute Gasteiger partial charge is 0.331 e. The molecule has 0 spiro atoms. The van der Waals surface area contributed by atoms with Crippen molar-refractivity contribution in [3.63, 3.8) is 0 Å². The van der Waals surface area contributed by atoms with E-state index in [4.69, 9.17) is 4.74 Å². The fourth-order valence-electron chi connectivity index (χ4n) is 8.42. The van der Waals surface area contributed by atoms with Crippen LogP contribution >= 0.6 is 0 Å². The summed E-state index contributed by atoms with van der Waals surface area (Å²) in [6.07, 6.45) is 4.57. The van der Waals surface area contributed by atoms with E-state index in [1.165, 1.54) is 13.0 Å². The number of hydrogen-bond acceptors (Lipinski definition) is 7. The zero-order chi connectivity index (χ0) is 26.9. The van der Waals surface area contributed by atoms with Crippen molar-refractivity contribution in [3.8, 4) is 0 Å². The monoisotopic (exact) mass is 512 g/mol. The molecule has 0 saturated heterocycles. The largest absolute Gasteiger partial charge is 0.458 e. The average molecular weight is 513 g/mol. The van der Waals surface area contributed by atoms with Gasteiger partial charge in [-0.05, 0) is 68.9 Å². The Kier molecular flexibility index (Phi) is 6.28. The summed E-state index contributed by atoms with van der Waals surface area (Å²) >= 11 is 0. The van der Waals surface area contributed by atoms with Gasteiger partial charge in [0.25, 0.3) is 0 Å². The van der Waals surface area contributed by atoms with Crippen molar-refractivity contribution in [2.24, 2.45) is 16.7 Å². The Balaban J connectivity index is 1.57. The third kappa shape index (κ3) is 3.54. The molecule has 0 aromatic heterocycles. The molecule has 5 rings (SSSR count). The van der Waals surface area contributed by atoms with Gasteiger partial charge >= 0.3 is 5.97 Å². The van der Waals surface area contributed by atoms with Crippen LogP contribution in [-0.2, 0) is 9.53 Å². The second kappa shape index (κ2) is 8.75. The van der Waals surface area contributed by atoms with E-state index in [2.05, 4.69) is 6.92 Å². The quantitative estimate of drug-likeness (QED) is 0.238. The number of hydrogen-bond donors (Lipinski definition) is 5. The van der Waals surface area contributed by atoms with Gasteiger partial charge in [0.2, 0.25) is 0 Å². The minimum atomic E-state index is -1.82. The molecule has 0 aliphatic heterocycles. The van der Waals surface area contributed by atoms with Crippen LogP contribution < -0.4 is 0 Å². The van der Waals surface area contributed by atoms with Crippen LogP contribution in [0.15, 0.2) is 48.1 Å². The number of carbonyl (C=O) groups is 1. The van der Waals surface area contributed by atoms with Gasteiger partial charge in [-0.2, -0.15) is 0 Å². The first-order valence-electron chi connectivity index (χ1n) is 13.5. The van der Waals surface area contributed by atoms with Crippen molar-refractivity contribution in [1.82, 2.24) is 0 Å². The van der Waals surface area contributed by atoms with Gasteiger partial charge in [0.1, 0.15) is 22.9 Å². The van der Waals surface area contributed by atoms with Crippen molar-refractivity contribution in [2.75, 3.05) is 0 Å². The van der Waals surface area contributed by atoms with Crippen molar-refractivity contribution in [2.45, 2.75) is 101 Å². The van der Waals surface area contributed by atoms with Gasteiger partial charge in [-0.1, -0.05) is 55.8 Å².